The van der Waals surface area contributed by atoms with Gasteiger partial charge in [0, 0.05) is 25.8 Å². The zero-order valence-corrected chi connectivity index (χ0v) is 13.1. The third kappa shape index (κ3) is 3.12. The van der Waals surface area contributed by atoms with E-state index in [1.165, 1.54) is 21.1 Å². The van der Waals surface area contributed by atoms with E-state index in [1.807, 2.05) is 13.8 Å². The van der Waals surface area contributed by atoms with E-state index in [1.54, 1.807) is 6.92 Å². The van der Waals surface area contributed by atoms with Crippen molar-refractivity contribution in [3.05, 3.63) is 18.0 Å². The van der Waals surface area contributed by atoms with Gasteiger partial charge in [0.25, 0.3) is 0 Å². The van der Waals surface area contributed by atoms with E-state index in [9.17, 15) is 13.2 Å². The number of sulfonamides is 1. The second kappa shape index (κ2) is 5.78. The van der Waals surface area contributed by atoms with Crippen LogP contribution in [0.15, 0.2) is 17.2 Å². The number of carboxylic acid groups (broad SMARTS) is 1. The first-order valence-corrected chi connectivity index (χ1v) is 8.28. The van der Waals surface area contributed by atoms with Gasteiger partial charge in [0.2, 0.25) is 10.0 Å². The van der Waals surface area contributed by atoms with Gasteiger partial charge in [-0.2, -0.15) is 4.31 Å². The van der Waals surface area contributed by atoms with Crippen molar-refractivity contribution in [3.8, 4) is 0 Å². The summed E-state index contributed by atoms with van der Waals surface area (Å²) in [5.41, 5.74) is -0.0227. The maximum atomic E-state index is 12.6. The minimum atomic E-state index is -3.70. The minimum absolute atomic E-state index is 0.0167. The molecule has 0 saturated carbocycles. The Morgan fingerprint density at radius 1 is 1.38 bits per heavy atom. The van der Waals surface area contributed by atoms with E-state index in [4.69, 9.17) is 9.84 Å². The lowest BCUT2D eigenvalue weighted by Gasteiger charge is -2.34. The Kier molecular flexibility index (Phi) is 4.40. The van der Waals surface area contributed by atoms with Crippen molar-refractivity contribution >= 4 is 16.0 Å². The molecular formula is C13H20N2O5S. The van der Waals surface area contributed by atoms with Crippen LogP contribution in [0.2, 0.25) is 0 Å². The minimum Gasteiger partial charge on any atom is -0.477 e. The van der Waals surface area contributed by atoms with Crippen LogP contribution >= 0.6 is 0 Å². The van der Waals surface area contributed by atoms with E-state index in [0.29, 0.717) is 6.54 Å². The fraction of sp³-hybridized carbons (Fsp3) is 0.615. The van der Waals surface area contributed by atoms with E-state index in [2.05, 4.69) is 0 Å². The van der Waals surface area contributed by atoms with Crippen molar-refractivity contribution in [1.82, 2.24) is 8.87 Å². The molecule has 1 aliphatic heterocycles. The average molecular weight is 316 g/mol. The maximum absolute atomic E-state index is 12.6. The summed E-state index contributed by atoms with van der Waals surface area (Å²) in [5.74, 6) is -1.14. The molecule has 0 radical (unpaired) electrons. The summed E-state index contributed by atoms with van der Waals surface area (Å²) in [6.45, 7) is 6.34. The molecule has 0 aromatic carbocycles. The molecule has 2 atom stereocenters. The molecule has 7 nitrogen and oxygen atoms in total. The standard InChI is InChI=1S/C13H20N2O5S/c1-4-14-8-11(5-12(14)13(16)17)21(18,19)15-6-9(2)20-10(3)7-15/h5,8-10H,4,6-7H2,1-3H3,(H,16,17)/t9-,10+. The van der Waals surface area contributed by atoms with Gasteiger partial charge in [-0.1, -0.05) is 0 Å². The summed E-state index contributed by atoms with van der Waals surface area (Å²) < 4.78 is 33.6. The van der Waals surface area contributed by atoms with Crippen LogP contribution < -0.4 is 0 Å². The Bertz CT molecular complexity index is 627. The van der Waals surface area contributed by atoms with Crippen LogP contribution in [0.5, 0.6) is 0 Å². The Morgan fingerprint density at radius 2 is 1.95 bits per heavy atom. The molecule has 0 aliphatic carbocycles. The molecule has 1 aromatic rings. The lowest BCUT2D eigenvalue weighted by molar-refractivity contribution is -0.0440. The number of hydrogen-bond acceptors (Lipinski definition) is 4. The van der Waals surface area contributed by atoms with Gasteiger partial charge in [0.05, 0.1) is 12.2 Å². The molecule has 1 aromatic heterocycles. The Hall–Kier alpha value is -1.38. The summed E-state index contributed by atoms with van der Waals surface area (Å²) >= 11 is 0. The first kappa shape index (κ1) is 16.0. The van der Waals surface area contributed by atoms with Crippen molar-refractivity contribution in [2.24, 2.45) is 0 Å². The molecular weight excluding hydrogens is 296 g/mol. The van der Waals surface area contributed by atoms with E-state index < -0.39 is 16.0 Å². The normalized spacial score (nSPS) is 24.1. The molecule has 1 aliphatic rings. The van der Waals surface area contributed by atoms with Gasteiger partial charge >= 0.3 is 5.97 Å². The van der Waals surface area contributed by atoms with E-state index in [0.717, 1.165) is 0 Å². The summed E-state index contributed by atoms with van der Waals surface area (Å²) in [4.78, 5) is 11.2. The number of carboxylic acids is 1. The first-order valence-electron chi connectivity index (χ1n) is 6.84. The van der Waals surface area contributed by atoms with Crippen LogP contribution in [0.3, 0.4) is 0 Å². The fourth-order valence-electron chi connectivity index (χ4n) is 2.54. The van der Waals surface area contributed by atoms with Gasteiger partial charge in [-0.15, -0.1) is 0 Å². The average Bonchev–Trinajstić information content (AvgIpc) is 2.82. The number of rotatable bonds is 4. The van der Waals surface area contributed by atoms with Gasteiger partial charge in [0.15, 0.2) is 0 Å². The molecule has 0 spiro atoms. The summed E-state index contributed by atoms with van der Waals surface area (Å²) in [7, 11) is -3.70. The lowest BCUT2D eigenvalue weighted by Crippen LogP contribution is -2.48. The van der Waals surface area contributed by atoms with Crippen LogP contribution in [0.1, 0.15) is 31.3 Å². The van der Waals surface area contributed by atoms with E-state index in [-0.39, 0.29) is 35.9 Å². The molecule has 0 bridgehead atoms. The zero-order chi connectivity index (χ0) is 15.8. The largest absolute Gasteiger partial charge is 0.477 e. The topological polar surface area (TPSA) is 88.8 Å². The van der Waals surface area contributed by atoms with Crippen LogP contribution in [-0.2, 0) is 21.3 Å². The zero-order valence-electron chi connectivity index (χ0n) is 12.3. The number of morpholine rings is 1. The molecule has 2 rings (SSSR count). The number of hydrogen-bond donors (Lipinski definition) is 1. The predicted molar refractivity (Wildman–Crippen MR) is 75.8 cm³/mol. The molecule has 0 amide bonds. The van der Waals surface area contributed by atoms with Crippen molar-refractivity contribution in [1.29, 1.82) is 0 Å². The molecule has 1 N–H and O–H groups in total. The van der Waals surface area contributed by atoms with Gasteiger partial charge < -0.3 is 14.4 Å². The molecule has 21 heavy (non-hydrogen) atoms. The molecule has 118 valence electrons. The molecule has 1 fully saturated rings. The highest BCUT2D eigenvalue weighted by atomic mass is 32.2. The smallest absolute Gasteiger partial charge is 0.352 e. The van der Waals surface area contributed by atoms with E-state index >= 15 is 0 Å². The van der Waals surface area contributed by atoms with Crippen LogP contribution in [-0.4, -0.2) is 53.7 Å². The number of aryl methyl sites for hydroxylation is 1. The van der Waals surface area contributed by atoms with Crippen molar-refractivity contribution in [2.45, 2.75) is 44.4 Å². The highest BCUT2D eigenvalue weighted by Gasteiger charge is 2.33. The van der Waals surface area contributed by atoms with Gasteiger partial charge in [-0.05, 0) is 26.8 Å². The number of ether oxygens (including phenoxy) is 1. The number of aromatic nitrogens is 1. The SMILES string of the molecule is CCn1cc(S(=O)(=O)N2C[C@@H](C)O[C@@H](C)C2)cc1C(=O)O. The number of carbonyl (C=O) groups is 1. The monoisotopic (exact) mass is 316 g/mol. The number of aromatic carboxylic acids is 1. The quantitative estimate of drug-likeness (QED) is 0.895. The van der Waals surface area contributed by atoms with Gasteiger partial charge in [0.1, 0.15) is 10.6 Å². The molecule has 2 heterocycles. The van der Waals surface area contributed by atoms with Crippen molar-refractivity contribution in [2.75, 3.05) is 13.1 Å². The fourth-order valence-corrected chi connectivity index (χ4v) is 4.17. The maximum Gasteiger partial charge on any atom is 0.352 e. The van der Waals surface area contributed by atoms with Crippen molar-refractivity contribution < 1.29 is 23.1 Å². The van der Waals surface area contributed by atoms with Gasteiger partial charge in [-0.25, -0.2) is 13.2 Å². The first-order chi connectivity index (χ1) is 9.75. The third-order valence-corrected chi connectivity index (χ3v) is 5.25. The lowest BCUT2D eigenvalue weighted by atomic mass is 10.3. The molecule has 0 unspecified atom stereocenters. The highest BCUT2D eigenvalue weighted by Crippen LogP contribution is 2.23. The number of nitrogens with zero attached hydrogens (tertiary/aromatic N) is 2. The highest BCUT2D eigenvalue weighted by molar-refractivity contribution is 7.89. The van der Waals surface area contributed by atoms with Crippen LogP contribution in [0.25, 0.3) is 0 Å². The Balaban J connectivity index is 2.37. The molecule has 1 saturated heterocycles. The van der Waals surface area contributed by atoms with Crippen LogP contribution in [0, 0.1) is 0 Å². The summed E-state index contributed by atoms with van der Waals surface area (Å²) in [5, 5.41) is 9.12. The second-order valence-corrected chi connectivity index (χ2v) is 7.17. The van der Waals surface area contributed by atoms with Gasteiger partial charge in [-0.3, -0.25) is 0 Å². The Labute approximate surface area is 124 Å². The Morgan fingerprint density at radius 3 is 2.38 bits per heavy atom. The third-order valence-electron chi connectivity index (χ3n) is 3.46. The predicted octanol–water partition coefficient (Wildman–Crippen LogP) is 1.00. The summed E-state index contributed by atoms with van der Waals surface area (Å²) in [6.07, 6.45) is 1.01. The van der Waals surface area contributed by atoms with Crippen molar-refractivity contribution in [3.63, 3.8) is 0 Å². The van der Waals surface area contributed by atoms with Crippen LogP contribution in [0.4, 0.5) is 0 Å². The molecule has 8 heteroatoms. The summed E-state index contributed by atoms with van der Waals surface area (Å²) in [6, 6.07) is 1.21. The second-order valence-electron chi connectivity index (χ2n) is 5.23.